The molecule has 0 radical (unpaired) electrons. The van der Waals surface area contributed by atoms with Gasteiger partial charge in [-0.2, -0.15) is 0 Å². The summed E-state index contributed by atoms with van der Waals surface area (Å²) in [6, 6.07) is 12.8. The van der Waals surface area contributed by atoms with E-state index in [9.17, 15) is 14.4 Å². The van der Waals surface area contributed by atoms with E-state index in [0.29, 0.717) is 20.3 Å². The highest BCUT2D eigenvalue weighted by atomic mass is 32.1. The number of nitrogens with zero attached hydrogens (tertiary/aromatic N) is 1. The highest BCUT2D eigenvalue weighted by Crippen LogP contribution is 2.27. The van der Waals surface area contributed by atoms with Crippen molar-refractivity contribution in [2.24, 2.45) is 5.41 Å². The van der Waals surface area contributed by atoms with Gasteiger partial charge in [-0.15, -0.1) is 11.3 Å². The number of Topliss-reactive ketones (excluding diaryl/α,β-unsaturated/α-hetero) is 1. The molecule has 2 aromatic heterocycles. The van der Waals surface area contributed by atoms with E-state index >= 15 is 0 Å². The Kier molecular flexibility index (Phi) is 7.61. The molecule has 0 aliphatic rings. The molecule has 4 rings (SSSR count). The fraction of sp³-hybridized carbons (Fsp3) is 0.323. The number of aryl methyl sites for hydroxylation is 1. The van der Waals surface area contributed by atoms with Gasteiger partial charge in [0.2, 0.25) is 0 Å². The molecule has 0 N–H and O–H groups in total. The highest BCUT2D eigenvalue weighted by molar-refractivity contribution is 7.07. The van der Waals surface area contributed by atoms with Crippen LogP contribution >= 0.6 is 11.3 Å². The van der Waals surface area contributed by atoms with Crippen LogP contribution in [0.25, 0.3) is 23.1 Å². The molecule has 38 heavy (non-hydrogen) atoms. The third-order valence-electron chi connectivity index (χ3n) is 6.51. The lowest BCUT2D eigenvalue weighted by molar-refractivity contribution is -0.120. The first-order valence-electron chi connectivity index (χ1n) is 12.6. The Labute approximate surface area is 225 Å². The van der Waals surface area contributed by atoms with Crippen molar-refractivity contribution in [1.82, 2.24) is 4.57 Å². The fourth-order valence-corrected chi connectivity index (χ4v) is 5.33. The summed E-state index contributed by atoms with van der Waals surface area (Å²) in [7, 11) is 1.60. The van der Waals surface area contributed by atoms with E-state index in [0.717, 1.165) is 27.8 Å². The Bertz CT molecular complexity index is 1750. The van der Waals surface area contributed by atoms with Crippen LogP contribution in [0.3, 0.4) is 0 Å². The number of thiazole rings is 1. The van der Waals surface area contributed by atoms with Gasteiger partial charge in [-0.05, 0) is 65.4 Å². The molecular formula is C31H33NO5S. The van der Waals surface area contributed by atoms with E-state index < -0.39 is 11.0 Å². The lowest BCUT2D eigenvalue weighted by Crippen LogP contribution is -2.33. The van der Waals surface area contributed by atoms with Crippen LogP contribution in [0.1, 0.15) is 62.8 Å². The van der Waals surface area contributed by atoms with Crippen molar-refractivity contribution < 1.29 is 13.9 Å². The molecule has 0 bridgehead atoms. The summed E-state index contributed by atoms with van der Waals surface area (Å²) in [5.41, 5.74) is 2.88. The fourth-order valence-electron chi connectivity index (χ4n) is 4.29. The Morgan fingerprint density at radius 1 is 1.11 bits per heavy atom. The van der Waals surface area contributed by atoms with Crippen LogP contribution in [-0.2, 0) is 11.3 Å². The summed E-state index contributed by atoms with van der Waals surface area (Å²) in [5.74, 6) is 0.919. The average molecular weight is 532 g/mol. The van der Waals surface area contributed by atoms with Crippen LogP contribution in [0.2, 0.25) is 0 Å². The van der Waals surface area contributed by atoms with Gasteiger partial charge < -0.3 is 9.15 Å². The highest BCUT2D eigenvalue weighted by Gasteiger charge is 2.20. The van der Waals surface area contributed by atoms with Crippen molar-refractivity contribution in [3.8, 4) is 5.75 Å². The summed E-state index contributed by atoms with van der Waals surface area (Å²) in [5, 5.41) is 0.783. The minimum absolute atomic E-state index is 0.0846. The van der Waals surface area contributed by atoms with E-state index in [1.807, 2.05) is 64.1 Å². The number of ether oxygens (including phenoxy) is 1. The number of benzene rings is 2. The second-order valence-electron chi connectivity index (χ2n) is 10.8. The van der Waals surface area contributed by atoms with Crippen LogP contribution in [-0.4, -0.2) is 17.5 Å². The molecule has 0 aliphatic heterocycles. The van der Waals surface area contributed by atoms with Gasteiger partial charge >= 0.3 is 5.63 Å². The number of rotatable bonds is 6. The zero-order valence-corrected chi connectivity index (χ0v) is 23.7. The average Bonchev–Trinajstić information content (AvgIpc) is 3.12. The standard InChI is InChI=1S/C31H33NO5S/c1-18(2)23-15-24-21(14-29(34)37-25(24)12-19(23)3)17-32-28(16-27(33)31(4,5)6)38-26(30(32)35)13-20-8-10-22(36-7)11-9-20/h8-16,18H,17H2,1-7H3/b26-13-,28-16-. The van der Waals surface area contributed by atoms with Crippen molar-refractivity contribution in [3.05, 3.63) is 94.7 Å². The number of carbonyl (C=O) groups is 1. The molecule has 0 saturated carbocycles. The van der Waals surface area contributed by atoms with E-state index in [1.54, 1.807) is 17.8 Å². The van der Waals surface area contributed by atoms with E-state index in [-0.39, 0.29) is 23.8 Å². The molecular weight excluding hydrogens is 498 g/mol. The van der Waals surface area contributed by atoms with Gasteiger partial charge in [0.25, 0.3) is 5.56 Å². The molecule has 0 saturated heterocycles. The van der Waals surface area contributed by atoms with Crippen molar-refractivity contribution in [3.63, 3.8) is 0 Å². The minimum Gasteiger partial charge on any atom is -0.497 e. The zero-order valence-electron chi connectivity index (χ0n) is 22.9. The molecule has 198 valence electrons. The maximum atomic E-state index is 13.7. The monoisotopic (exact) mass is 531 g/mol. The Hall–Kier alpha value is -3.71. The Morgan fingerprint density at radius 3 is 2.39 bits per heavy atom. The van der Waals surface area contributed by atoms with Gasteiger partial charge in [0.05, 0.1) is 18.2 Å². The molecule has 0 unspecified atom stereocenters. The van der Waals surface area contributed by atoms with Gasteiger partial charge in [-0.25, -0.2) is 4.79 Å². The van der Waals surface area contributed by atoms with Crippen LogP contribution in [0.5, 0.6) is 5.75 Å². The van der Waals surface area contributed by atoms with Gasteiger partial charge in [-0.3, -0.25) is 14.2 Å². The number of hydrogen-bond acceptors (Lipinski definition) is 6. The largest absolute Gasteiger partial charge is 0.497 e. The topological polar surface area (TPSA) is 78.5 Å². The molecule has 2 aromatic carbocycles. The predicted octanol–water partition coefficient (Wildman–Crippen LogP) is 4.73. The van der Waals surface area contributed by atoms with Crippen LogP contribution in [0, 0.1) is 12.3 Å². The van der Waals surface area contributed by atoms with E-state index in [4.69, 9.17) is 9.15 Å². The molecule has 2 heterocycles. The van der Waals surface area contributed by atoms with Crippen LogP contribution in [0.15, 0.2) is 56.5 Å². The first-order chi connectivity index (χ1) is 17.9. The zero-order chi connectivity index (χ0) is 27.8. The number of carbonyl (C=O) groups excluding carboxylic acids is 1. The van der Waals surface area contributed by atoms with Crippen molar-refractivity contribution in [2.45, 2.75) is 54.0 Å². The van der Waals surface area contributed by atoms with Crippen molar-refractivity contribution >= 4 is 40.2 Å². The summed E-state index contributed by atoms with van der Waals surface area (Å²) >= 11 is 1.26. The van der Waals surface area contributed by atoms with Gasteiger partial charge in [0.15, 0.2) is 5.78 Å². The second kappa shape index (κ2) is 10.6. The SMILES string of the molecule is COc1ccc(/C=c2\s/c(=C\C(=O)C(C)(C)C)n(Cc3cc(=O)oc4cc(C)c(C(C)C)cc34)c2=O)cc1. The third-order valence-corrected chi connectivity index (χ3v) is 7.57. The lowest BCUT2D eigenvalue weighted by Gasteiger charge is -2.14. The van der Waals surface area contributed by atoms with Gasteiger partial charge in [0, 0.05) is 22.9 Å². The Morgan fingerprint density at radius 2 is 1.79 bits per heavy atom. The number of ketones is 1. The summed E-state index contributed by atoms with van der Waals surface area (Å²) in [6.07, 6.45) is 3.34. The molecule has 6 nitrogen and oxygen atoms in total. The molecule has 0 aliphatic carbocycles. The maximum Gasteiger partial charge on any atom is 0.336 e. The molecule has 0 fully saturated rings. The minimum atomic E-state index is -0.602. The number of aromatic nitrogens is 1. The summed E-state index contributed by atoms with van der Waals surface area (Å²) in [4.78, 5) is 39.1. The molecule has 0 atom stereocenters. The second-order valence-corrected chi connectivity index (χ2v) is 11.9. The molecule has 7 heteroatoms. The lowest BCUT2D eigenvalue weighted by atomic mass is 9.91. The Balaban J connectivity index is 1.95. The summed E-state index contributed by atoms with van der Waals surface area (Å²) < 4.78 is 13.3. The maximum absolute atomic E-state index is 13.7. The molecule has 0 amide bonds. The first-order valence-corrected chi connectivity index (χ1v) is 13.4. The summed E-state index contributed by atoms with van der Waals surface area (Å²) in [6.45, 7) is 11.9. The number of fused-ring (bicyclic) bond motifs is 1. The predicted molar refractivity (Wildman–Crippen MR) is 154 cm³/mol. The van der Waals surface area contributed by atoms with Crippen molar-refractivity contribution in [1.29, 1.82) is 0 Å². The normalized spacial score (nSPS) is 13.1. The smallest absolute Gasteiger partial charge is 0.336 e. The quantitative estimate of drug-likeness (QED) is 0.336. The van der Waals surface area contributed by atoms with E-state index in [2.05, 4.69) is 13.8 Å². The molecule has 0 spiro atoms. The first kappa shape index (κ1) is 27.3. The van der Waals surface area contributed by atoms with Crippen LogP contribution < -0.4 is 25.1 Å². The number of methoxy groups -OCH3 is 1. The number of hydrogen-bond donors (Lipinski definition) is 0. The van der Waals surface area contributed by atoms with E-state index in [1.165, 1.54) is 23.5 Å². The molecule has 4 aromatic rings. The third kappa shape index (κ3) is 5.73. The van der Waals surface area contributed by atoms with Gasteiger partial charge in [0.1, 0.15) is 16.0 Å². The van der Waals surface area contributed by atoms with Crippen molar-refractivity contribution in [2.75, 3.05) is 7.11 Å². The van der Waals surface area contributed by atoms with Gasteiger partial charge in [-0.1, -0.05) is 46.8 Å². The van der Waals surface area contributed by atoms with Crippen LogP contribution in [0.4, 0.5) is 0 Å².